The Hall–Kier alpha value is -1.38. The lowest BCUT2D eigenvalue weighted by molar-refractivity contribution is 0.779. The molecule has 2 rings (SSSR count). The molecule has 0 spiro atoms. The normalized spacial score (nSPS) is 10.9. The van der Waals surface area contributed by atoms with Crippen LogP contribution in [0.15, 0.2) is 12.3 Å². The number of hydrogen-bond donors (Lipinski definition) is 0. The fraction of sp³-hybridized carbons (Fsp3) is 0.333. The van der Waals surface area contributed by atoms with Gasteiger partial charge in [-0.05, 0) is 19.9 Å². The third kappa shape index (κ3) is 0.826. The molecular weight excluding hydrogens is 150 g/mol. The lowest BCUT2D eigenvalue weighted by atomic mass is 10.2. The average Bonchev–Trinajstić information content (AvgIpc) is 2.29. The summed E-state index contributed by atoms with van der Waals surface area (Å²) in [6.07, 6.45) is 1.83. The van der Waals surface area contributed by atoms with Gasteiger partial charge in [0.25, 0.3) is 0 Å². The predicted molar refractivity (Wildman–Crippen MR) is 48.0 cm³/mol. The highest BCUT2D eigenvalue weighted by Crippen LogP contribution is 2.18. The maximum absolute atomic E-state index is 4.33. The zero-order valence-electron chi connectivity index (χ0n) is 7.50. The van der Waals surface area contributed by atoms with Crippen LogP contribution >= 0.6 is 0 Å². The number of hydrogen-bond acceptors (Lipinski definition) is 2. The van der Waals surface area contributed by atoms with E-state index in [0.717, 1.165) is 16.9 Å². The predicted octanol–water partition coefficient (Wildman–Crippen LogP) is 1.59. The van der Waals surface area contributed by atoms with Gasteiger partial charge in [0, 0.05) is 18.6 Å². The first kappa shape index (κ1) is 7.28. The Balaban J connectivity index is 2.99. The number of aryl methyl sites for hydroxylation is 3. The molecule has 3 heteroatoms. The molecule has 0 aromatic carbocycles. The van der Waals surface area contributed by atoms with Gasteiger partial charge in [-0.2, -0.15) is 5.10 Å². The van der Waals surface area contributed by atoms with Gasteiger partial charge in [0.1, 0.15) is 0 Å². The molecule has 0 bridgehead atoms. The fourth-order valence-corrected chi connectivity index (χ4v) is 1.59. The molecule has 3 nitrogen and oxygen atoms in total. The van der Waals surface area contributed by atoms with Crippen molar-refractivity contribution in [2.75, 3.05) is 0 Å². The summed E-state index contributed by atoms with van der Waals surface area (Å²) in [6, 6.07) is 2.00. The van der Waals surface area contributed by atoms with Gasteiger partial charge in [-0.25, -0.2) is 0 Å². The quantitative estimate of drug-likeness (QED) is 0.587. The van der Waals surface area contributed by atoms with Crippen LogP contribution in [0.1, 0.15) is 11.4 Å². The Morgan fingerprint density at radius 1 is 1.25 bits per heavy atom. The Bertz CT molecular complexity index is 429. The first-order chi connectivity index (χ1) is 5.70. The van der Waals surface area contributed by atoms with Crippen molar-refractivity contribution in [1.29, 1.82) is 0 Å². The Kier molecular flexibility index (Phi) is 1.40. The summed E-state index contributed by atoms with van der Waals surface area (Å²) >= 11 is 0. The molecule has 0 unspecified atom stereocenters. The van der Waals surface area contributed by atoms with E-state index < -0.39 is 0 Å². The molecule has 0 atom stereocenters. The highest BCUT2D eigenvalue weighted by Gasteiger charge is 2.06. The van der Waals surface area contributed by atoms with E-state index in [-0.39, 0.29) is 0 Å². The van der Waals surface area contributed by atoms with Crippen LogP contribution in [0.3, 0.4) is 0 Å². The van der Waals surface area contributed by atoms with E-state index in [1.165, 1.54) is 5.39 Å². The molecule has 2 heterocycles. The number of fused-ring (bicyclic) bond motifs is 1. The van der Waals surface area contributed by atoms with Crippen LogP contribution in [0.5, 0.6) is 0 Å². The molecule has 0 radical (unpaired) electrons. The maximum Gasteiger partial charge on any atom is 0.0894 e. The SMILES string of the molecule is Cc1nn(C)c2c(C)nccc12. The molecule has 0 fully saturated rings. The number of aromatic nitrogens is 3. The number of rotatable bonds is 0. The van der Waals surface area contributed by atoms with Gasteiger partial charge < -0.3 is 0 Å². The van der Waals surface area contributed by atoms with Gasteiger partial charge in [0.15, 0.2) is 0 Å². The van der Waals surface area contributed by atoms with E-state index in [0.29, 0.717) is 0 Å². The molecule has 2 aromatic rings. The van der Waals surface area contributed by atoms with Crippen molar-refractivity contribution in [3.05, 3.63) is 23.7 Å². The van der Waals surface area contributed by atoms with Gasteiger partial charge in [-0.3, -0.25) is 9.67 Å². The minimum atomic E-state index is 1.04. The Morgan fingerprint density at radius 3 is 2.67 bits per heavy atom. The van der Waals surface area contributed by atoms with Gasteiger partial charge in [0.05, 0.1) is 16.9 Å². The van der Waals surface area contributed by atoms with E-state index >= 15 is 0 Å². The van der Waals surface area contributed by atoms with Crippen molar-refractivity contribution in [2.45, 2.75) is 13.8 Å². The zero-order chi connectivity index (χ0) is 8.72. The number of pyridine rings is 1. The molecule has 0 aliphatic rings. The van der Waals surface area contributed by atoms with Gasteiger partial charge in [-0.1, -0.05) is 0 Å². The van der Waals surface area contributed by atoms with Crippen LogP contribution < -0.4 is 0 Å². The summed E-state index contributed by atoms with van der Waals surface area (Å²) in [5.41, 5.74) is 3.24. The van der Waals surface area contributed by atoms with Crippen molar-refractivity contribution >= 4 is 10.9 Å². The molecule has 0 N–H and O–H groups in total. The Morgan fingerprint density at radius 2 is 2.00 bits per heavy atom. The average molecular weight is 161 g/mol. The smallest absolute Gasteiger partial charge is 0.0894 e. The summed E-state index contributed by atoms with van der Waals surface area (Å²) in [5.74, 6) is 0. The highest BCUT2D eigenvalue weighted by molar-refractivity contribution is 5.83. The number of nitrogens with zero attached hydrogens (tertiary/aromatic N) is 3. The van der Waals surface area contributed by atoms with Gasteiger partial charge in [-0.15, -0.1) is 0 Å². The van der Waals surface area contributed by atoms with E-state index in [4.69, 9.17) is 0 Å². The molecule has 0 saturated carbocycles. The largest absolute Gasteiger partial charge is 0.266 e. The van der Waals surface area contributed by atoms with E-state index in [1.807, 2.05) is 37.8 Å². The van der Waals surface area contributed by atoms with Crippen molar-refractivity contribution in [3.63, 3.8) is 0 Å². The summed E-state index contributed by atoms with van der Waals surface area (Å²) < 4.78 is 1.88. The van der Waals surface area contributed by atoms with Crippen LogP contribution in [0.2, 0.25) is 0 Å². The molecule has 0 amide bonds. The van der Waals surface area contributed by atoms with Crippen LogP contribution in [-0.4, -0.2) is 14.8 Å². The van der Waals surface area contributed by atoms with E-state index in [1.54, 1.807) is 0 Å². The van der Waals surface area contributed by atoms with E-state index in [2.05, 4.69) is 10.1 Å². The van der Waals surface area contributed by atoms with Crippen LogP contribution in [0.25, 0.3) is 10.9 Å². The van der Waals surface area contributed by atoms with Gasteiger partial charge >= 0.3 is 0 Å². The zero-order valence-corrected chi connectivity index (χ0v) is 7.50. The summed E-state index contributed by atoms with van der Waals surface area (Å²) in [5, 5.41) is 5.53. The minimum Gasteiger partial charge on any atom is -0.266 e. The first-order valence-corrected chi connectivity index (χ1v) is 3.95. The van der Waals surface area contributed by atoms with Crippen molar-refractivity contribution in [2.24, 2.45) is 7.05 Å². The second-order valence-corrected chi connectivity index (χ2v) is 3.00. The molecule has 0 saturated heterocycles. The monoisotopic (exact) mass is 161 g/mol. The lowest BCUT2D eigenvalue weighted by Crippen LogP contribution is -1.92. The molecule has 62 valence electrons. The third-order valence-electron chi connectivity index (χ3n) is 2.12. The summed E-state index contributed by atoms with van der Waals surface area (Å²) in [4.78, 5) is 4.22. The van der Waals surface area contributed by atoms with Crippen LogP contribution in [-0.2, 0) is 7.05 Å². The summed E-state index contributed by atoms with van der Waals surface area (Å²) in [7, 11) is 1.95. The first-order valence-electron chi connectivity index (χ1n) is 3.95. The standard InChI is InChI=1S/C9H11N3/c1-6-8-4-5-10-7(2)9(8)12(3)11-6/h4-5H,1-3H3. The lowest BCUT2D eigenvalue weighted by Gasteiger charge is -1.96. The van der Waals surface area contributed by atoms with E-state index in [9.17, 15) is 0 Å². The molecule has 0 aliphatic carbocycles. The third-order valence-corrected chi connectivity index (χ3v) is 2.12. The molecule has 2 aromatic heterocycles. The molecule has 12 heavy (non-hydrogen) atoms. The van der Waals surface area contributed by atoms with Crippen molar-refractivity contribution in [3.8, 4) is 0 Å². The summed E-state index contributed by atoms with van der Waals surface area (Å²) in [6.45, 7) is 4.02. The van der Waals surface area contributed by atoms with Crippen LogP contribution in [0.4, 0.5) is 0 Å². The molecule has 0 aliphatic heterocycles. The second kappa shape index (κ2) is 2.30. The highest BCUT2D eigenvalue weighted by atomic mass is 15.3. The Labute approximate surface area is 71.0 Å². The topological polar surface area (TPSA) is 30.7 Å². The van der Waals surface area contributed by atoms with Gasteiger partial charge in [0.2, 0.25) is 0 Å². The maximum atomic E-state index is 4.33. The fourth-order valence-electron chi connectivity index (χ4n) is 1.59. The molecular formula is C9H11N3. The van der Waals surface area contributed by atoms with Crippen LogP contribution in [0, 0.1) is 13.8 Å². The van der Waals surface area contributed by atoms with Crippen molar-refractivity contribution < 1.29 is 0 Å². The van der Waals surface area contributed by atoms with Crippen molar-refractivity contribution in [1.82, 2.24) is 14.8 Å². The minimum absolute atomic E-state index is 1.04. The second-order valence-electron chi connectivity index (χ2n) is 3.00.